The van der Waals surface area contributed by atoms with Crippen LogP contribution in [0, 0.1) is 22.7 Å². The van der Waals surface area contributed by atoms with Gasteiger partial charge in [0.25, 0.3) is 0 Å². The van der Waals surface area contributed by atoms with Crippen LogP contribution in [0.3, 0.4) is 0 Å². The number of benzene rings is 2. The third kappa shape index (κ3) is 6.83. The number of nitrogens with one attached hydrogen (secondary N) is 2. The molecule has 4 N–H and O–H groups in total. The number of hydrogen-bond acceptors (Lipinski definition) is 11. The van der Waals surface area contributed by atoms with Gasteiger partial charge in [0, 0.05) is 67.5 Å². The maximum Gasteiger partial charge on any atom is 0.232 e. The van der Waals surface area contributed by atoms with E-state index >= 15 is 0 Å². The maximum absolute atomic E-state index is 10.5. The Balaban J connectivity index is 1.35. The van der Waals surface area contributed by atoms with Gasteiger partial charge in [-0.05, 0) is 41.7 Å². The van der Waals surface area contributed by atoms with Crippen molar-refractivity contribution < 1.29 is 15.1 Å². The molecule has 1 fully saturated rings. The van der Waals surface area contributed by atoms with E-state index in [1.54, 1.807) is 24.4 Å². The summed E-state index contributed by atoms with van der Waals surface area (Å²) in [7, 11) is 1.48. The van der Waals surface area contributed by atoms with Crippen LogP contribution in [0.15, 0.2) is 67.1 Å². The first-order valence-electron chi connectivity index (χ1n) is 14.2. The van der Waals surface area contributed by atoms with Gasteiger partial charge in [-0.1, -0.05) is 42.5 Å². The average Bonchev–Trinajstić information content (AvgIpc) is 3.07. The number of aromatic hydroxyl groups is 1. The van der Waals surface area contributed by atoms with Crippen LogP contribution >= 0.6 is 0 Å². The molecule has 1 saturated heterocycles. The second-order valence-corrected chi connectivity index (χ2v) is 10.3. The number of piperidine rings is 1. The normalized spacial score (nSPS) is 13.5. The first-order chi connectivity index (χ1) is 21.5. The zero-order chi connectivity index (χ0) is 30.9. The molecule has 0 saturated carbocycles. The molecule has 2 aromatic heterocycles. The Labute approximate surface area is 255 Å². The van der Waals surface area contributed by atoms with E-state index in [0.29, 0.717) is 65.1 Å². The van der Waals surface area contributed by atoms with Crippen LogP contribution in [0.1, 0.15) is 35.4 Å². The number of ether oxygens (including phenoxy) is 1. The monoisotopic (exact) mass is 588 g/mol. The molecule has 0 bridgehead atoms. The Morgan fingerprint density at radius 3 is 2.39 bits per heavy atom. The van der Waals surface area contributed by atoms with Crippen LogP contribution in [0.25, 0.3) is 28.3 Å². The highest BCUT2D eigenvalue weighted by molar-refractivity contribution is 5.90. The molecular weight excluding hydrogens is 556 g/mol. The van der Waals surface area contributed by atoms with Gasteiger partial charge in [0.2, 0.25) is 5.82 Å². The van der Waals surface area contributed by atoms with Crippen LogP contribution in [0.4, 0.5) is 5.82 Å². The lowest BCUT2D eigenvalue weighted by Gasteiger charge is -2.34. The van der Waals surface area contributed by atoms with Crippen LogP contribution in [0.2, 0.25) is 0 Å². The van der Waals surface area contributed by atoms with Crippen molar-refractivity contribution in [1.82, 2.24) is 25.7 Å². The fraction of sp³-hybridized carbons (Fsp3) is 0.242. The Morgan fingerprint density at radius 2 is 1.75 bits per heavy atom. The Kier molecular flexibility index (Phi) is 9.74. The van der Waals surface area contributed by atoms with E-state index in [0.717, 1.165) is 24.9 Å². The number of hydroxylamine groups is 1. The lowest BCUT2D eigenvalue weighted by atomic mass is 9.93. The minimum absolute atomic E-state index is 0.0307. The number of pyridine rings is 1. The molecular formula is C33H32N8O3. The highest BCUT2D eigenvalue weighted by atomic mass is 16.5. The number of phenols is 1. The zero-order valence-electron chi connectivity index (χ0n) is 24.2. The number of hydrogen-bond donors (Lipinski definition) is 4. The van der Waals surface area contributed by atoms with Gasteiger partial charge in [0.1, 0.15) is 23.5 Å². The maximum atomic E-state index is 10.5. The molecule has 4 aromatic rings. The number of nitrogens with zero attached hydrogens (tertiary/aromatic N) is 6. The molecule has 0 radical (unpaired) electrons. The van der Waals surface area contributed by atoms with E-state index in [4.69, 9.17) is 14.9 Å². The molecule has 5 rings (SSSR count). The predicted molar refractivity (Wildman–Crippen MR) is 166 cm³/mol. The van der Waals surface area contributed by atoms with Gasteiger partial charge in [-0.2, -0.15) is 10.5 Å². The summed E-state index contributed by atoms with van der Waals surface area (Å²) in [6.45, 7) is 2.58. The molecule has 0 amide bonds. The molecule has 2 aromatic carbocycles. The van der Waals surface area contributed by atoms with Crippen molar-refractivity contribution in [3.8, 4) is 45.9 Å². The lowest BCUT2D eigenvalue weighted by molar-refractivity contribution is 0.180. The van der Waals surface area contributed by atoms with Crippen LogP contribution in [0.5, 0.6) is 11.5 Å². The molecule has 222 valence electrons. The second-order valence-electron chi connectivity index (χ2n) is 10.3. The predicted octanol–water partition coefficient (Wildman–Crippen LogP) is 4.41. The molecule has 11 nitrogen and oxygen atoms in total. The van der Waals surface area contributed by atoms with Crippen molar-refractivity contribution in [2.75, 3.05) is 31.6 Å². The standard InChI is InChI=1S/C33H32N8O3/c1-44-30-9-8-24(15-29(30)42)28-21-39-33(27(16-34)32(28)25-19-37-31(17-35)38-20-25)41-13-10-26(11-14-41)36-18-23-6-4-22(5-7-23)3-2-12-40-43/h2-9,15,19-21,26,36,40,42-43H,10-14,18H2,1H3/b3-2+. The summed E-state index contributed by atoms with van der Waals surface area (Å²) in [5.41, 5.74) is 7.16. The molecule has 1 aliphatic heterocycles. The van der Waals surface area contributed by atoms with Gasteiger partial charge < -0.3 is 25.3 Å². The number of rotatable bonds is 10. The summed E-state index contributed by atoms with van der Waals surface area (Å²) >= 11 is 0. The summed E-state index contributed by atoms with van der Waals surface area (Å²) in [5, 5.41) is 42.4. The Morgan fingerprint density at radius 1 is 1.00 bits per heavy atom. The van der Waals surface area contributed by atoms with Gasteiger partial charge in [-0.15, -0.1) is 0 Å². The summed E-state index contributed by atoms with van der Waals surface area (Å²) in [4.78, 5) is 15.2. The molecule has 3 heterocycles. The van der Waals surface area contributed by atoms with Crippen LogP contribution in [-0.2, 0) is 6.54 Å². The summed E-state index contributed by atoms with van der Waals surface area (Å²) in [6, 6.07) is 17.9. The number of phenolic OH excluding ortho intramolecular Hbond substituents is 1. The van der Waals surface area contributed by atoms with Gasteiger partial charge in [0.15, 0.2) is 11.5 Å². The number of aromatic nitrogens is 3. The second kappa shape index (κ2) is 14.2. The van der Waals surface area contributed by atoms with E-state index in [1.807, 2.05) is 18.2 Å². The van der Waals surface area contributed by atoms with Gasteiger partial charge in [0.05, 0.1) is 7.11 Å². The molecule has 1 aliphatic rings. The lowest BCUT2D eigenvalue weighted by Crippen LogP contribution is -2.42. The van der Waals surface area contributed by atoms with Crippen molar-refractivity contribution in [3.63, 3.8) is 0 Å². The first-order valence-corrected chi connectivity index (χ1v) is 14.2. The van der Waals surface area contributed by atoms with Crippen molar-refractivity contribution in [1.29, 1.82) is 10.5 Å². The van der Waals surface area contributed by atoms with Crippen molar-refractivity contribution in [2.45, 2.75) is 25.4 Å². The van der Waals surface area contributed by atoms with Crippen LogP contribution in [-0.4, -0.2) is 58.1 Å². The third-order valence-corrected chi connectivity index (χ3v) is 7.59. The molecule has 0 unspecified atom stereocenters. The number of methoxy groups -OCH3 is 1. The SMILES string of the molecule is COc1ccc(-c2cnc(N3CCC(NCc4ccc(/C=C/CNO)cc4)CC3)c(C#N)c2-c2cnc(C#N)nc2)cc1O. The van der Waals surface area contributed by atoms with E-state index < -0.39 is 0 Å². The molecule has 0 spiro atoms. The summed E-state index contributed by atoms with van der Waals surface area (Å²) < 4.78 is 5.20. The van der Waals surface area contributed by atoms with Crippen molar-refractivity contribution in [2.24, 2.45) is 0 Å². The quantitative estimate of drug-likeness (QED) is 0.194. The van der Waals surface area contributed by atoms with Crippen molar-refractivity contribution >= 4 is 11.9 Å². The van der Waals surface area contributed by atoms with Crippen molar-refractivity contribution in [3.05, 3.63) is 89.6 Å². The van der Waals surface area contributed by atoms with Crippen LogP contribution < -0.4 is 20.4 Å². The molecule has 11 heteroatoms. The van der Waals surface area contributed by atoms with E-state index in [9.17, 15) is 15.6 Å². The third-order valence-electron chi connectivity index (χ3n) is 7.59. The Hall–Kier alpha value is -5.33. The first kappa shape index (κ1) is 30.1. The smallest absolute Gasteiger partial charge is 0.232 e. The highest BCUT2D eigenvalue weighted by Crippen LogP contribution is 2.40. The fourth-order valence-corrected chi connectivity index (χ4v) is 5.29. The highest BCUT2D eigenvalue weighted by Gasteiger charge is 2.26. The molecule has 44 heavy (non-hydrogen) atoms. The Bertz CT molecular complexity index is 1700. The molecule has 0 atom stereocenters. The minimum Gasteiger partial charge on any atom is -0.504 e. The largest absolute Gasteiger partial charge is 0.504 e. The van der Waals surface area contributed by atoms with E-state index in [2.05, 4.69) is 56.0 Å². The van der Waals surface area contributed by atoms with E-state index in [-0.39, 0.29) is 11.6 Å². The zero-order valence-corrected chi connectivity index (χ0v) is 24.2. The minimum atomic E-state index is -0.0347. The van der Waals surface area contributed by atoms with Gasteiger partial charge in [-0.3, -0.25) is 0 Å². The number of nitriles is 2. The van der Waals surface area contributed by atoms with Gasteiger partial charge >= 0.3 is 0 Å². The summed E-state index contributed by atoms with van der Waals surface area (Å²) in [5.74, 6) is 0.905. The average molecular weight is 589 g/mol. The topological polar surface area (TPSA) is 163 Å². The van der Waals surface area contributed by atoms with E-state index in [1.165, 1.54) is 25.1 Å². The van der Waals surface area contributed by atoms with Gasteiger partial charge in [-0.25, -0.2) is 20.4 Å². The number of anilines is 1. The summed E-state index contributed by atoms with van der Waals surface area (Å²) in [6.07, 6.45) is 10.3. The fourth-order valence-electron chi connectivity index (χ4n) is 5.29. The molecule has 0 aliphatic carbocycles.